The van der Waals surface area contributed by atoms with E-state index in [1.54, 1.807) is 24.3 Å². The number of ketones is 1. The lowest BCUT2D eigenvalue weighted by Gasteiger charge is -2.13. The van der Waals surface area contributed by atoms with E-state index in [0.29, 0.717) is 22.6 Å². The lowest BCUT2D eigenvalue weighted by Crippen LogP contribution is -2.22. The van der Waals surface area contributed by atoms with E-state index in [1.165, 1.54) is 0 Å². The van der Waals surface area contributed by atoms with E-state index < -0.39 is 28.3 Å². The Balaban J connectivity index is 1.77. The molecule has 9 nitrogen and oxygen atoms in total. The molecule has 1 aromatic carbocycles. The summed E-state index contributed by atoms with van der Waals surface area (Å²) in [5.41, 5.74) is 0.627. The molecule has 11 heteroatoms. The van der Waals surface area contributed by atoms with E-state index in [1.807, 2.05) is 0 Å². The molecule has 0 spiro atoms. The number of aliphatic carboxylic acids is 1. The summed E-state index contributed by atoms with van der Waals surface area (Å²) in [4.78, 5) is 40.1. The van der Waals surface area contributed by atoms with Gasteiger partial charge in [0.05, 0.1) is 17.8 Å². The minimum Gasteiger partial charge on any atom is -0.481 e. The second-order valence-electron chi connectivity index (χ2n) is 7.07. The summed E-state index contributed by atoms with van der Waals surface area (Å²) in [6, 6.07) is 5.98. The third-order valence-electron chi connectivity index (χ3n) is 4.70. The number of anilines is 2. The van der Waals surface area contributed by atoms with Crippen molar-refractivity contribution in [2.75, 3.05) is 16.9 Å². The predicted octanol–water partition coefficient (Wildman–Crippen LogP) is 3.19. The number of benzene rings is 1. The first-order chi connectivity index (χ1) is 14.1. The van der Waals surface area contributed by atoms with Crippen LogP contribution in [0.2, 0.25) is 0 Å². The number of carboxylic acids is 1. The van der Waals surface area contributed by atoms with Gasteiger partial charge in [-0.05, 0) is 25.0 Å². The number of urea groups is 1. The molecule has 1 fully saturated rings. The number of rotatable bonds is 7. The highest BCUT2D eigenvalue weighted by Gasteiger charge is 2.26. The molecular formula is C19H21N3O6S2. The SMILES string of the molecule is CS(=O)(=O)c1sc(NC(=O)Nc2ccccc2C(=O)C2CCCC2)nc1CC(=O)O. The van der Waals surface area contributed by atoms with Crippen LogP contribution in [0.4, 0.5) is 15.6 Å². The first-order valence-electron chi connectivity index (χ1n) is 9.28. The largest absolute Gasteiger partial charge is 0.481 e. The van der Waals surface area contributed by atoms with Gasteiger partial charge in [-0.3, -0.25) is 14.9 Å². The molecule has 1 aromatic heterocycles. The molecular weight excluding hydrogens is 430 g/mol. The topological polar surface area (TPSA) is 143 Å². The fourth-order valence-electron chi connectivity index (χ4n) is 3.40. The van der Waals surface area contributed by atoms with Crippen molar-refractivity contribution in [2.24, 2.45) is 5.92 Å². The fraction of sp³-hybridized carbons (Fsp3) is 0.368. The first-order valence-corrected chi connectivity index (χ1v) is 12.0. The molecule has 1 heterocycles. The van der Waals surface area contributed by atoms with Gasteiger partial charge in [-0.25, -0.2) is 18.2 Å². The van der Waals surface area contributed by atoms with E-state index in [0.717, 1.165) is 31.9 Å². The number of aromatic nitrogens is 1. The first kappa shape index (κ1) is 21.9. The van der Waals surface area contributed by atoms with Crippen molar-refractivity contribution >= 4 is 49.8 Å². The number of carbonyl (C=O) groups is 3. The summed E-state index contributed by atoms with van der Waals surface area (Å²) >= 11 is 0.677. The van der Waals surface area contributed by atoms with Crippen LogP contribution in [0, 0.1) is 5.92 Å². The summed E-state index contributed by atoms with van der Waals surface area (Å²) in [7, 11) is -3.70. The molecule has 1 aliphatic carbocycles. The second-order valence-corrected chi connectivity index (χ2v) is 10.3. The summed E-state index contributed by atoms with van der Waals surface area (Å²) in [6.45, 7) is 0. The van der Waals surface area contributed by atoms with Gasteiger partial charge in [-0.1, -0.05) is 36.3 Å². The molecule has 0 saturated heterocycles. The summed E-state index contributed by atoms with van der Waals surface area (Å²) < 4.78 is 23.6. The van der Waals surface area contributed by atoms with E-state index >= 15 is 0 Å². The van der Waals surface area contributed by atoms with Crippen molar-refractivity contribution < 1.29 is 27.9 Å². The van der Waals surface area contributed by atoms with Crippen LogP contribution in [0.25, 0.3) is 0 Å². The lowest BCUT2D eigenvalue weighted by molar-refractivity contribution is -0.136. The molecule has 1 aliphatic rings. The summed E-state index contributed by atoms with van der Waals surface area (Å²) in [5.74, 6) is -1.30. The Bertz CT molecular complexity index is 1090. The van der Waals surface area contributed by atoms with E-state index in [4.69, 9.17) is 5.11 Å². The van der Waals surface area contributed by atoms with Gasteiger partial charge in [0.15, 0.2) is 20.8 Å². The Hall–Kier alpha value is -2.79. The highest BCUT2D eigenvalue weighted by molar-refractivity contribution is 7.92. The maximum atomic E-state index is 12.8. The molecule has 0 radical (unpaired) electrons. The number of nitrogens with one attached hydrogen (secondary N) is 2. The maximum absolute atomic E-state index is 12.8. The molecule has 30 heavy (non-hydrogen) atoms. The Morgan fingerprint density at radius 1 is 1.17 bits per heavy atom. The van der Waals surface area contributed by atoms with Gasteiger partial charge in [0.25, 0.3) is 0 Å². The lowest BCUT2D eigenvalue weighted by atomic mass is 9.95. The van der Waals surface area contributed by atoms with Gasteiger partial charge < -0.3 is 10.4 Å². The van der Waals surface area contributed by atoms with Crippen molar-refractivity contribution in [2.45, 2.75) is 36.3 Å². The number of Topliss-reactive ketones (excluding diaryl/α,β-unsaturated/α-hetero) is 1. The Labute approximate surface area is 177 Å². The summed E-state index contributed by atoms with van der Waals surface area (Å²) in [6.07, 6.45) is 4.05. The predicted molar refractivity (Wildman–Crippen MR) is 112 cm³/mol. The van der Waals surface area contributed by atoms with Crippen LogP contribution in [0.15, 0.2) is 28.5 Å². The molecule has 2 aromatic rings. The van der Waals surface area contributed by atoms with Crippen molar-refractivity contribution in [3.8, 4) is 0 Å². The van der Waals surface area contributed by atoms with Crippen LogP contribution >= 0.6 is 11.3 Å². The molecule has 2 amide bonds. The number of hydrogen-bond acceptors (Lipinski definition) is 7. The van der Waals surface area contributed by atoms with Crippen LogP contribution in [0.3, 0.4) is 0 Å². The molecule has 0 unspecified atom stereocenters. The van der Waals surface area contributed by atoms with Gasteiger partial charge in [0.2, 0.25) is 0 Å². The highest BCUT2D eigenvalue weighted by Crippen LogP contribution is 2.31. The second kappa shape index (κ2) is 8.92. The van der Waals surface area contributed by atoms with Crippen molar-refractivity contribution in [1.29, 1.82) is 0 Å². The van der Waals surface area contributed by atoms with E-state index in [-0.39, 0.29) is 26.7 Å². The minimum atomic E-state index is -3.70. The number of sulfone groups is 1. The zero-order chi connectivity index (χ0) is 21.9. The van der Waals surface area contributed by atoms with E-state index in [2.05, 4.69) is 15.6 Å². The number of thiazole rings is 1. The molecule has 0 bridgehead atoms. The third kappa shape index (κ3) is 5.22. The molecule has 1 saturated carbocycles. The number of amides is 2. The monoisotopic (exact) mass is 451 g/mol. The molecule has 0 atom stereocenters. The Morgan fingerprint density at radius 3 is 2.47 bits per heavy atom. The van der Waals surface area contributed by atoms with Gasteiger partial charge in [-0.15, -0.1) is 0 Å². The molecule has 160 valence electrons. The quantitative estimate of drug-likeness (QED) is 0.549. The van der Waals surface area contributed by atoms with Gasteiger partial charge in [0.1, 0.15) is 4.21 Å². The van der Waals surface area contributed by atoms with Crippen molar-refractivity contribution in [3.05, 3.63) is 35.5 Å². The standard InChI is InChI=1S/C19H21N3O6S2/c1-30(27,28)17-14(10-15(23)24)21-19(29-17)22-18(26)20-13-9-5-4-8-12(13)16(25)11-6-2-3-7-11/h4-5,8-9,11H,2-3,6-7,10H2,1H3,(H,23,24)(H2,20,21,22,26). The zero-order valence-corrected chi connectivity index (χ0v) is 17.8. The maximum Gasteiger partial charge on any atom is 0.325 e. The number of carboxylic acid groups (broad SMARTS) is 1. The zero-order valence-electron chi connectivity index (χ0n) is 16.2. The summed E-state index contributed by atoms with van der Waals surface area (Å²) in [5, 5.41) is 13.9. The van der Waals surface area contributed by atoms with Crippen LogP contribution in [0.5, 0.6) is 0 Å². The molecule has 3 rings (SSSR count). The van der Waals surface area contributed by atoms with Crippen LogP contribution in [-0.2, 0) is 21.1 Å². The van der Waals surface area contributed by atoms with Crippen LogP contribution in [0.1, 0.15) is 41.7 Å². The van der Waals surface area contributed by atoms with Gasteiger partial charge >= 0.3 is 12.0 Å². The molecule has 3 N–H and O–H groups in total. The fourth-order valence-corrected chi connectivity index (χ4v) is 5.50. The number of para-hydroxylation sites is 1. The van der Waals surface area contributed by atoms with Crippen molar-refractivity contribution in [3.63, 3.8) is 0 Å². The van der Waals surface area contributed by atoms with Crippen LogP contribution in [-0.4, -0.2) is 42.5 Å². The van der Waals surface area contributed by atoms with Gasteiger partial charge in [0, 0.05) is 17.7 Å². The minimum absolute atomic E-state index is 0.0132. The normalized spacial score (nSPS) is 14.4. The number of hydrogen-bond donors (Lipinski definition) is 3. The molecule has 0 aliphatic heterocycles. The average Bonchev–Trinajstić information content (AvgIpc) is 3.31. The average molecular weight is 452 g/mol. The third-order valence-corrected chi connectivity index (χ3v) is 7.58. The smallest absolute Gasteiger partial charge is 0.325 e. The number of nitrogens with zero attached hydrogens (tertiary/aromatic N) is 1. The van der Waals surface area contributed by atoms with Crippen LogP contribution < -0.4 is 10.6 Å². The highest BCUT2D eigenvalue weighted by atomic mass is 32.2. The Kier molecular flexibility index (Phi) is 6.52. The Morgan fingerprint density at radius 2 is 1.83 bits per heavy atom. The van der Waals surface area contributed by atoms with Crippen molar-refractivity contribution in [1.82, 2.24) is 4.98 Å². The van der Waals surface area contributed by atoms with Gasteiger partial charge in [-0.2, -0.15) is 0 Å². The number of carbonyl (C=O) groups excluding carboxylic acids is 2. The van der Waals surface area contributed by atoms with E-state index in [9.17, 15) is 22.8 Å².